The van der Waals surface area contributed by atoms with Gasteiger partial charge in [0.2, 0.25) is 11.7 Å². The van der Waals surface area contributed by atoms with Crippen LogP contribution in [0.25, 0.3) is 0 Å². The second-order valence-corrected chi connectivity index (χ2v) is 6.19. The van der Waals surface area contributed by atoms with Crippen LogP contribution in [0.1, 0.15) is 26.6 Å². The van der Waals surface area contributed by atoms with Crippen molar-refractivity contribution in [2.45, 2.75) is 6.92 Å². The lowest BCUT2D eigenvalue weighted by Crippen LogP contribution is -2.50. The number of benzene rings is 1. The fraction of sp³-hybridized carbons (Fsp3) is 0.263. The van der Waals surface area contributed by atoms with E-state index in [-0.39, 0.29) is 23.5 Å². The maximum atomic E-state index is 12.6. The highest BCUT2D eigenvalue weighted by Gasteiger charge is 2.27. The van der Waals surface area contributed by atoms with Gasteiger partial charge in [-0.1, -0.05) is 11.7 Å². The Morgan fingerprint density at radius 2 is 1.67 bits per heavy atom. The van der Waals surface area contributed by atoms with Gasteiger partial charge in [-0.2, -0.15) is 0 Å². The van der Waals surface area contributed by atoms with Crippen molar-refractivity contribution in [3.05, 3.63) is 60.0 Å². The summed E-state index contributed by atoms with van der Waals surface area (Å²) < 4.78 is 5.01. The van der Waals surface area contributed by atoms with E-state index in [2.05, 4.69) is 17.1 Å². The lowest BCUT2D eigenvalue weighted by Gasteiger charge is -2.34. The molecule has 1 aliphatic rings. The van der Waals surface area contributed by atoms with Crippen molar-refractivity contribution in [2.24, 2.45) is 0 Å². The molecule has 2 heterocycles. The summed E-state index contributed by atoms with van der Waals surface area (Å²) in [6.07, 6.45) is 1.18. The van der Waals surface area contributed by atoms with Crippen molar-refractivity contribution in [3.8, 4) is 0 Å². The lowest BCUT2D eigenvalue weighted by molar-refractivity contribution is -0.111. The number of hydrogen-bond donors (Lipinski definition) is 1. The standard InChI is InChI=1S/C19H20N4O4/c1-3-17(24)20-15-6-4-14(5-7-15)18(25)22-8-10-23(11-9-22)19(26)16-12-13(2)21-27-16/h3-7,12H,1,8-11H2,2H3,(H,20,24). The molecule has 0 bridgehead atoms. The average molecular weight is 368 g/mol. The fourth-order valence-corrected chi connectivity index (χ4v) is 2.80. The van der Waals surface area contributed by atoms with E-state index in [1.54, 1.807) is 47.1 Å². The molecule has 1 fully saturated rings. The predicted octanol–water partition coefficient (Wildman–Crippen LogP) is 1.71. The van der Waals surface area contributed by atoms with Crippen LogP contribution in [-0.4, -0.2) is 58.9 Å². The molecule has 1 aromatic carbocycles. The quantitative estimate of drug-likeness (QED) is 0.829. The summed E-state index contributed by atoms with van der Waals surface area (Å²) in [6.45, 7) is 6.88. The Labute approximate surface area is 156 Å². The van der Waals surface area contributed by atoms with Gasteiger partial charge in [0.1, 0.15) is 0 Å². The topological polar surface area (TPSA) is 95.8 Å². The smallest absolute Gasteiger partial charge is 0.292 e. The molecule has 8 heteroatoms. The van der Waals surface area contributed by atoms with Gasteiger partial charge in [0.05, 0.1) is 5.69 Å². The molecule has 3 amide bonds. The highest BCUT2D eigenvalue weighted by atomic mass is 16.5. The van der Waals surface area contributed by atoms with Crippen molar-refractivity contribution in [1.29, 1.82) is 0 Å². The number of aryl methyl sites for hydroxylation is 1. The Hall–Kier alpha value is -3.42. The van der Waals surface area contributed by atoms with Crippen molar-refractivity contribution in [2.75, 3.05) is 31.5 Å². The molecule has 1 N–H and O–H groups in total. The number of nitrogens with one attached hydrogen (secondary N) is 1. The molecule has 1 aliphatic heterocycles. The van der Waals surface area contributed by atoms with Gasteiger partial charge in [-0.05, 0) is 37.3 Å². The summed E-state index contributed by atoms with van der Waals surface area (Å²) in [5.41, 5.74) is 1.77. The third-order valence-electron chi connectivity index (χ3n) is 4.28. The molecule has 0 atom stereocenters. The SMILES string of the molecule is C=CC(=O)Nc1ccc(C(=O)N2CCN(C(=O)c3cc(C)no3)CC2)cc1. The van der Waals surface area contributed by atoms with Crippen LogP contribution in [0.5, 0.6) is 0 Å². The maximum absolute atomic E-state index is 12.6. The number of piperazine rings is 1. The van der Waals surface area contributed by atoms with Crippen molar-refractivity contribution < 1.29 is 18.9 Å². The summed E-state index contributed by atoms with van der Waals surface area (Å²) in [6, 6.07) is 8.26. The number of amides is 3. The van der Waals surface area contributed by atoms with Crippen LogP contribution in [-0.2, 0) is 4.79 Å². The molecule has 27 heavy (non-hydrogen) atoms. The molecule has 0 saturated carbocycles. The minimum Gasteiger partial charge on any atom is -0.351 e. The Bertz CT molecular complexity index is 864. The van der Waals surface area contributed by atoms with Gasteiger partial charge < -0.3 is 19.6 Å². The normalized spacial score (nSPS) is 14.0. The first-order valence-corrected chi connectivity index (χ1v) is 8.53. The van der Waals surface area contributed by atoms with Gasteiger partial charge in [0, 0.05) is 43.5 Å². The van der Waals surface area contributed by atoms with Crippen LogP contribution in [0.4, 0.5) is 5.69 Å². The summed E-state index contributed by atoms with van der Waals surface area (Å²) in [5, 5.41) is 6.36. The first-order chi connectivity index (χ1) is 13.0. The van der Waals surface area contributed by atoms with Crippen molar-refractivity contribution in [1.82, 2.24) is 15.0 Å². The summed E-state index contributed by atoms with van der Waals surface area (Å²) in [5.74, 6) is -0.425. The first-order valence-electron chi connectivity index (χ1n) is 8.53. The maximum Gasteiger partial charge on any atom is 0.292 e. The van der Waals surface area contributed by atoms with Gasteiger partial charge in [0.25, 0.3) is 11.8 Å². The van der Waals surface area contributed by atoms with Gasteiger partial charge in [-0.25, -0.2) is 0 Å². The number of carbonyl (C=O) groups excluding carboxylic acids is 3. The molecule has 8 nitrogen and oxygen atoms in total. The predicted molar refractivity (Wildman–Crippen MR) is 98.3 cm³/mol. The van der Waals surface area contributed by atoms with Gasteiger partial charge in [-0.15, -0.1) is 0 Å². The van der Waals surface area contributed by atoms with E-state index >= 15 is 0 Å². The van der Waals surface area contributed by atoms with Crippen LogP contribution in [0, 0.1) is 6.92 Å². The Kier molecular flexibility index (Phi) is 5.35. The monoisotopic (exact) mass is 368 g/mol. The zero-order chi connectivity index (χ0) is 19.4. The van der Waals surface area contributed by atoms with E-state index in [4.69, 9.17) is 4.52 Å². The van der Waals surface area contributed by atoms with E-state index < -0.39 is 0 Å². The molecule has 1 aromatic heterocycles. The Morgan fingerprint density at radius 3 is 2.19 bits per heavy atom. The van der Waals surface area contributed by atoms with Gasteiger partial charge >= 0.3 is 0 Å². The number of anilines is 1. The number of nitrogens with zero attached hydrogens (tertiary/aromatic N) is 3. The van der Waals surface area contributed by atoms with Crippen LogP contribution in [0.15, 0.2) is 47.5 Å². The number of carbonyl (C=O) groups is 3. The fourth-order valence-electron chi connectivity index (χ4n) is 2.80. The molecule has 1 saturated heterocycles. The summed E-state index contributed by atoms with van der Waals surface area (Å²) in [4.78, 5) is 39.6. The molecule has 0 radical (unpaired) electrons. The van der Waals surface area contributed by atoms with Crippen molar-refractivity contribution >= 4 is 23.4 Å². The van der Waals surface area contributed by atoms with Crippen molar-refractivity contribution in [3.63, 3.8) is 0 Å². The zero-order valence-corrected chi connectivity index (χ0v) is 15.0. The molecule has 3 rings (SSSR count). The summed E-state index contributed by atoms with van der Waals surface area (Å²) >= 11 is 0. The number of aromatic nitrogens is 1. The molecule has 0 aliphatic carbocycles. The minimum absolute atomic E-state index is 0.112. The van der Waals surface area contributed by atoms with Crippen LogP contribution in [0.2, 0.25) is 0 Å². The second kappa shape index (κ2) is 7.86. The van der Waals surface area contributed by atoms with E-state index in [0.29, 0.717) is 43.1 Å². The molecular formula is C19H20N4O4. The number of hydrogen-bond acceptors (Lipinski definition) is 5. The molecule has 2 aromatic rings. The number of rotatable bonds is 4. The average Bonchev–Trinajstić information content (AvgIpc) is 3.14. The molecule has 0 spiro atoms. The Balaban J connectivity index is 1.57. The van der Waals surface area contributed by atoms with E-state index in [9.17, 15) is 14.4 Å². The molecule has 140 valence electrons. The molecular weight excluding hydrogens is 348 g/mol. The van der Waals surface area contributed by atoms with Crippen LogP contribution >= 0.6 is 0 Å². The van der Waals surface area contributed by atoms with Gasteiger partial charge in [0.15, 0.2) is 0 Å². The summed E-state index contributed by atoms with van der Waals surface area (Å²) in [7, 11) is 0. The third kappa shape index (κ3) is 4.22. The van der Waals surface area contributed by atoms with Gasteiger partial charge in [-0.3, -0.25) is 14.4 Å². The zero-order valence-electron chi connectivity index (χ0n) is 15.0. The van der Waals surface area contributed by atoms with E-state index in [1.165, 1.54) is 6.08 Å². The van der Waals surface area contributed by atoms with E-state index in [0.717, 1.165) is 0 Å². The van der Waals surface area contributed by atoms with Crippen LogP contribution in [0.3, 0.4) is 0 Å². The van der Waals surface area contributed by atoms with E-state index in [1.807, 2.05) is 0 Å². The highest BCUT2D eigenvalue weighted by molar-refractivity contribution is 6.00. The van der Waals surface area contributed by atoms with Crippen LogP contribution < -0.4 is 5.32 Å². The lowest BCUT2D eigenvalue weighted by atomic mass is 10.1. The largest absolute Gasteiger partial charge is 0.351 e. The highest BCUT2D eigenvalue weighted by Crippen LogP contribution is 2.15. The Morgan fingerprint density at radius 1 is 1.07 bits per heavy atom. The minimum atomic E-state index is -0.309. The third-order valence-corrected chi connectivity index (χ3v) is 4.28. The first kappa shape index (κ1) is 18.4. The second-order valence-electron chi connectivity index (χ2n) is 6.19. The molecule has 0 unspecified atom stereocenters.